The summed E-state index contributed by atoms with van der Waals surface area (Å²) in [5.41, 5.74) is 6.45. The van der Waals surface area contributed by atoms with Crippen LogP contribution in [-0.4, -0.2) is 6.61 Å². The van der Waals surface area contributed by atoms with Gasteiger partial charge in [0.05, 0.1) is 0 Å². The van der Waals surface area contributed by atoms with Crippen LogP contribution in [0.5, 0.6) is 5.75 Å². The van der Waals surface area contributed by atoms with Crippen LogP contribution in [0.25, 0.3) is 0 Å². The van der Waals surface area contributed by atoms with Crippen LogP contribution in [0.3, 0.4) is 0 Å². The normalized spacial score (nSPS) is 11.7. The van der Waals surface area contributed by atoms with Gasteiger partial charge >= 0.3 is 6.61 Å². The molecule has 0 unspecified atom stereocenters. The molecule has 0 aliphatic heterocycles. The minimum Gasteiger partial charge on any atom is -0.435 e. The summed E-state index contributed by atoms with van der Waals surface area (Å²) in [4.78, 5) is 0. The molecule has 1 aromatic carbocycles. The lowest BCUT2D eigenvalue weighted by molar-refractivity contribution is -0.0498. The largest absolute Gasteiger partial charge is 0.435 e. The van der Waals surface area contributed by atoms with E-state index in [1.165, 1.54) is 12.1 Å². The Hall–Kier alpha value is -1.13. The Morgan fingerprint density at radius 1 is 1.27 bits per heavy atom. The molecule has 0 aromatic heterocycles. The molecule has 0 aliphatic carbocycles. The van der Waals surface area contributed by atoms with Crippen LogP contribution >= 0.6 is 12.4 Å². The number of nitrogens with two attached hydrogens (primary N) is 1. The van der Waals surface area contributed by atoms with Gasteiger partial charge < -0.3 is 10.5 Å². The van der Waals surface area contributed by atoms with Crippen LogP contribution in [0.4, 0.5) is 8.78 Å². The van der Waals surface area contributed by atoms with Gasteiger partial charge in [-0.25, -0.2) is 0 Å². The lowest BCUT2D eigenvalue weighted by atomic mass is 10.1. The van der Waals surface area contributed by atoms with E-state index in [9.17, 15) is 8.78 Å². The highest BCUT2D eigenvalue weighted by atomic mass is 35.5. The second kappa shape index (κ2) is 6.37. The van der Waals surface area contributed by atoms with Gasteiger partial charge in [0.25, 0.3) is 0 Å². The van der Waals surface area contributed by atoms with Crippen LogP contribution in [0.1, 0.15) is 11.6 Å². The van der Waals surface area contributed by atoms with Crippen LogP contribution in [0.2, 0.25) is 0 Å². The lowest BCUT2D eigenvalue weighted by Gasteiger charge is -2.08. The molecule has 0 saturated carbocycles. The van der Waals surface area contributed by atoms with Crippen molar-refractivity contribution in [3.63, 3.8) is 0 Å². The van der Waals surface area contributed by atoms with Crippen molar-refractivity contribution in [2.45, 2.75) is 12.7 Å². The van der Waals surface area contributed by atoms with Crippen molar-refractivity contribution in [1.29, 1.82) is 0 Å². The number of halogens is 3. The van der Waals surface area contributed by atoms with E-state index in [0.717, 1.165) is 5.56 Å². The van der Waals surface area contributed by atoms with E-state index >= 15 is 0 Å². The van der Waals surface area contributed by atoms with Gasteiger partial charge in [0.15, 0.2) is 0 Å². The van der Waals surface area contributed by atoms with E-state index in [1.807, 2.05) is 0 Å². The van der Waals surface area contributed by atoms with E-state index in [4.69, 9.17) is 5.73 Å². The SMILES string of the molecule is C=C[C@@H](N)c1ccc(OC(F)F)cc1.Cl. The van der Waals surface area contributed by atoms with Gasteiger partial charge in [-0.05, 0) is 17.7 Å². The second-order valence-corrected chi connectivity index (χ2v) is 2.71. The number of hydrogen-bond donors (Lipinski definition) is 1. The summed E-state index contributed by atoms with van der Waals surface area (Å²) < 4.78 is 27.7. The third kappa shape index (κ3) is 4.27. The number of hydrogen-bond acceptors (Lipinski definition) is 2. The summed E-state index contributed by atoms with van der Waals surface area (Å²) in [6.45, 7) is 0.734. The molecule has 0 fully saturated rings. The Morgan fingerprint density at radius 2 is 1.80 bits per heavy atom. The summed E-state index contributed by atoms with van der Waals surface area (Å²) in [6, 6.07) is 5.87. The molecule has 0 amide bonds. The molecule has 0 radical (unpaired) electrons. The van der Waals surface area contributed by atoms with Gasteiger partial charge in [-0.3, -0.25) is 0 Å². The predicted octanol–water partition coefficient (Wildman–Crippen LogP) is 2.90. The van der Waals surface area contributed by atoms with Crippen molar-refractivity contribution < 1.29 is 13.5 Å². The van der Waals surface area contributed by atoms with E-state index in [1.54, 1.807) is 18.2 Å². The minimum atomic E-state index is -2.80. The van der Waals surface area contributed by atoms with Crippen molar-refractivity contribution in [1.82, 2.24) is 0 Å². The molecule has 0 aliphatic rings. The van der Waals surface area contributed by atoms with E-state index in [0.29, 0.717) is 0 Å². The van der Waals surface area contributed by atoms with Gasteiger partial charge in [0.1, 0.15) is 5.75 Å². The first-order chi connectivity index (χ1) is 6.63. The molecule has 15 heavy (non-hydrogen) atoms. The molecular weight excluding hydrogens is 224 g/mol. The number of rotatable bonds is 4. The zero-order valence-electron chi connectivity index (χ0n) is 7.90. The maximum absolute atomic E-state index is 11.8. The standard InChI is InChI=1S/C10H11F2NO.ClH/c1-2-9(13)7-3-5-8(6-4-7)14-10(11)12;/h2-6,9-10H,1,13H2;1H/t9-;/m1./s1. The quantitative estimate of drug-likeness (QED) is 0.815. The van der Waals surface area contributed by atoms with Crippen LogP contribution in [-0.2, 0) is 0 Å². The number of ether oxygens (including phenoxy) is 1. The summed E-state index contributed by atoms with van der Waals surface area (Å²) in [7, 11) is 0. The Balaban J connectivity index is 0.00000196. The highest BCUT2D eigenvalue weighted by Gasteiger charge is 2.05. The molecule has 5 heteroatoms. The van der Waals surface area contributed by atoms with Gasteiger partial charge in [0, 0.05) is 6.04 Å². The summed E-state index contributed by atoms with van der Waals surface area (Å²) in [5.74, 6) is 0.125. The first-order valence-corrected chi connectivity index (χ1v) is 4.06. The minimum absolute atomic E-state index is 0. The van der Waals surface area contributed by atoms with Crippen molar-refractivity contribution in [2.24, 2.45) is 5.73 Å². The Morgan fingerprint density at radius 3 is 2.20 bits per heavy atom. The highest BCUT2D eigenvalue weighted by molar-refractivity contribution is 5.85. The molecule has 2 nitrogen and oxygen atoms in total. The second-order valence-electron chi connectivity index (χ2n) is 2.71. The third-order valence-corrected chi connectivity index (χ3v) is 1.74. The van der Waals surface area contributed by atoms with E-state index < -0.39 is 6.61 Å². The van der Waals surface area contributed by atoms with Crippen molar-refractivity contribution in [3.05, 3.63) is 42.5 Å². The van der Waals surface area contributed by atoms with Crippen LogP contribution in [0.15, 0.2) is 36.9 Å². The molecule has 1 rings (SSSR count). The van der Waals surface area contributed by atoms with Gasteiger partial charge in [-0.15, -0.1) is 19.0 Å². The van der Waals surface area contributed by atoms with Crippen molar-refractivity contribution in [2.75, 3.05) is 0 Å². The summed E-state index contributed by atoms with van der Waals surface area (Å²) >= 11 is 0. The van der Waals surface area contributed by atoms with Crippen LogP contribution < -0.4 is 10.5 Å². The van der Waals surface area contributed by atoms with Crippen LogP contribution in [0, 0.1) is 0 Å². The fourth-order valence-corrected chi connectivity index (χ4v) is 1.01. The Kier molecular flexibility index (Phi) is 5.89. The molecule has 0 heterocycles. The Bertz CT molecular complexity index is 303. The maximum atomic E-state index is 11.8. The fraction of sp³-hybridized carbons (Fsp3) is 0.200. The lowest BCUT2D eigenvalue weighted by Crippen LogP contribution is -2.06. The monoisotopic (exact) mass is 235 g/mol. The Labute approximate surface area is 93.1 Å². The third-order valence-electron chi connectivity index (χ3n) is 1.74. The topological polar surface area (TPSA) is 35.2 Å². The first-order valence-electron chi connectivity index (χ1n) is 4.06. The maximum Gasteiger partial charge on any atom is 0.387 e. The molecule has 0 saturated heterocycles. The van der Waals surface area contributed by atoms with E-state index in [2.05, 4.69) is 11.3 Å². The molecule has 84 valence electrons. The molecule has 0 bridgehead atoms. The zero-order chi connectivity index (χ0) is 10.6. The molecule has 1 atom stereocenters. The van der Waals surface area contributed by atoms with Crippen molar-refractivity contribution in [3.8, 4) is 5.75 Å². The molecule has 1 aromatic rings. The summed E-state index contributed by atoms with van der Waals surface area (Å²) in [5, 5.41) is 0. The highest BCUT2D eigenvalue weighted by Crippen LogP contribution is 2.18. The van der Waals surface area contributed by atoms with Gasteiger partial charge in [-0.1, -0.05) is 18.2 Å². The van der Waals surface area contributed by atoms with Gasteiger partial charge in [0.2, 0.25) is 0 Å². The smallest absolute Gasteiger partial charge is 0.387 e. The number of benzene rings is 1. The molecular formula is C10H12ClF2NO. The van der Waals surface area contributed by atoms with Crippen molar-refractivity contribution >= 4 is 12.4 Å². The van der Waals surface area contributed by atoms with Gasteiger partial charge in [-0.2, -0.15) is 8.78 Å². The molecule has 2 N–H and O–H groups in total. The average Bonchev–Trinajstić information content (AvgIpc) is 2.17. The summed E-state index contributed by atoms with van der Waals surface area (Å²) in [6.07, 6.45) is 1.57. The van der Waals surface area contributed by atoms with E-state index in [-0.39, 0.29) is 24.2 Å². The molecule has 0 spiro atoms. The predicted molar refractivity (Wildman–Crippen MR) is 57.4 cm³/mol. The number of alkyl halides is 2. The average molecular weight is 236 g/mol. The fourth-order valence-electron chi connectivity index (χ4n) is 1.01. The first kappa shape index (κ1) is 13.9. The zero-order valence-corrected chi connectivity index (χ0v) is 8.71.